The summed E-state index contributed by atoms with van der Waals surface area (Å²) in [7, 11) is 1.42. The van der Waals surface area contributed by atoms with Gasteiger partial charge in [-0.1, -0.05) is 19.1 Å². The van der Waals surface area contributed by atoms with Crippen molar-refractivity contribution >= 4 is 11.9 Å². The van der Waals surface area contributed by atoms with Crippen molar-refractivity contribution in [1.82, 2.24) is 10.6 Å². The van der Waals surface area contributed by atoms with Gasteiger partial charge in [0, 0.05) is 7.05 Å². The summed E-state index contributed by atoms with van der Waals surface area (Å²) in [5, 5.41) is 14.1. The molecule has 2 atom stereocenters. The first-order chi connectivity index (χ1) is 9.47. The molecule has 0 aromatic heterocycles. The van der Waals surface area contributed by atoms with Crippen LogP contribution in [0.4, 0.5) is 4.79 Å². The van der Waals surface area contributed by atoms with E-state index in [1.807, 2.05) is 6.92 Å². The van der Waals surface area contributed by atoms with Gasteiger partial charge in [0.15, 0.2) is 6.10 Å². The second kappa shape index (κ2) is 7.49. The van der Waals surface area contributed by atoms with Gasteiger partial charge in [-0.3, -0.25) is 10.1 Å². The molecule has 0 saturated heterocycles. The monoisotopic (exact) mass is 280 g/mol. The Kier molecular flexibility index (Phi) is 5.99. The summed E-state index contributed by atoms with van der Waals surface area (Å²) >= 11 is 0. The van der Waals surface area contributed by atoms with Crippen LogP contribution in [-0.2, 0) is 4.79 Å². The van der Waals surface area contributed by atoms with Crippen LogP contribution in [0.1, 0.15) is 31.9 Å². The fourth-order valence-corrected chi connectivity index (χ4v) is 1.54. The summed E-state index contributed by atoms with van der Waals surface area (Å²) in [5.74, 6) is -0.0290. The topological polar surface area (TPSA) is 87.7 Å². The SMILES string of the molecule is CCC(O)c1ccc(OC(C)C(=O)NC(=O)NC)cc1. The minimum absolute atomic E-state index is 0.497. The van der Waals surface area contributed by atoms with Gasteiger partial charge < -0.3 is 15.2 Å². The molecule has 0 bridgehead atoms. The van der Waals surface area contributed by atoms with Gasteiger partial charge in [0.05, 0.1) is 6.10 Å². The summed E-state index contributed by atoms with van der Waals surface area (Å²) in [6, 6.07) is 6.27. The van der Waals surface area contributed by atoms with Crippen LogP contribution < -0.4 is 15.4 Å². The van der Waals surface area contributed by atoms with Gasteiger partial charge in [0.25, 0.3) is 5.91 Å². The molecule has 0 radical (unpaired) electrons. The van der Waals surface area contributed by atoms with Gasteiger partial charge >= 0.3 is 6.03 Å². The average Bonchev–Trinajstić information content (AvgIpc) is 2.46. The number of benzene rings is 1. The number of rotatable bonds is 5. The Balaban J connectivity index is 2.59. The highest BCUT2D eigenvalue weighted by Crippen LogP contribution is 2.20. The van der Waals surface area contributed by atoms with Crippen LogP contribution in [0.5, 0.6) is 5.75 Å². The zero-order valence-corrected chi connectivity index (χ0v) is 11.8. The number of aliphatic hydroxyl groups is 1. The highest BCUT2D eigenvalue weighted by atomic mass is 16.5. The number of carbonyl (C=O) groups is 2. The molecule has 20 heavy (non-hydrogen) atoms. The molecule has 0 spiro atoms. The Hall–Kier alpha value is -2.08. The van der Waals surface area contributed by atoms with E-state index in [2.05, 4.69) is 10.6 Å². The fourth-order valence-electron chi connectivity index (χ4n) is 1.54. The third-order valence-corrected chi connectivity index (χ3v) is 2.80. The third-order valence-electron chi connectivity index (χ3n) is 2.80. The van der Waals surface area contributed by atoms with Crippen molar-refractivity contribution in [3.05, 3.63) is 29.8 Å². The highest BCUT2D eigenvalue weighted by Gasteiger charge is 2.16. The standard InChI is InChI=1S/C14H20N2O4/c1-4-12(17)10-5-7-11(8-6-10)20-9(2)13(18)16-14(19)15-3/h5-9,12,17H,4H2,1-3H3,(H2,15,16,18,19). The molecular formula is C14H20N2O4. The Morgan fingerprint density at radius 1 is 1.30 bits per heavy atom. The number of nitrogens with one attached hydrogen (secondary N) is 2. The van der Waals surface area contributed by atoms with Crippen LogP contribution in [0.3, 0.4) is 0 Å². The lowest BCUT2D eigenvalue weighted by Gasteiger charge is -2.15. The summed E-state index contributed by atoms with van der Waals surface area (Å²) in [6.07, 6.45) is -0.669. The van der Waals surface area contributed by atoms with Crippen LogP contribution in [0, 0.1) is 0 Å². The summed E-state index contributed by atoms with van der Waals surface area (Å²) in [4.78, 5) is 22.6. The molecule has 110 valence electrons. The van der Waals surface area contributed by atoms with Crippen LogP contribution in [0.15, 0.2) is 24.3 Å². The predicted octanol–water partition coefficient (Wildman–Crippen LogP) is 1.35. The van der Waals surface area contributed by atoms with E-state index in [4.69, 9.17) is 4.74 Å². The van der Waals surface area contributed by atoms with E-state index in [1.165, 1.54) is 7.05 Å². The predicted molar refractivity (Wildman–Crippen MR) is 74.4 cm³/mol. The lowest BCUT2D eigenvalue weighted by Crippen LogP contribution is -2.43. The summed E-state index contributed by atoms with van der Waals surface area (Å²) in [6.45, 7) is 3.44. The maximum atomic E-state index is 11.6. The summed E-state index contributed by atoms with van der Waals surface area (Å²) < 4.78 is 5.42. The number of amides is 3. The Labute approximate surface area is 118 Å². The maximum Gasteiger partial charge on any atom is 0.321 e. The van der Waals surface area contributed by atoms with Crippen molar-refractivity contribution in [3.8, 4) is 5.75 Å². The molecule has 6 nitrogen and oxygen atoms in total. The van der Waals surface area contributed by atoms with E-state index < -0.39 is 24.1 Å². The van der Waals surface area contributed by atoms with Gasteiger partial charge in [0.1, 0.15) is 5.75 Å². The quantitative estimate of drug-likeness (QED) is 0.759. The first-order valence-electron chi connectivity index (χ1n) is 6.45. The number of hydrogen-bond donors (Lipinski definition) is 3. The first kappa shape index (κ1) is 16.0. The molecule has 0 aliphatic rings. The first-order valence-corrected chi connectivity index (χ1v) is 6.45. The summed E-state index contributed by atoms with van der Waals surface area (Å²) in [5.41, 5.74) is 0.794. The van der Waals surface area contributed by atoms with Crippen molar-refractivity contribution in [2.45, 2.75) is 32.5 Å². The number of carbonyl (C=O) groups excluding carboxylic acids is 2. The smallest absolute Gasteiger partial charge is 0.321 e. The molecule has 6 heteroatoms. The minimum Gasteiger partial charge on any atom is -0.481 e. The average molecular weight is 280 g/mol. The fraction of sp³-hybridized carbons (Fsp3) is 0.429. The van der Waals surface area contributed by atoms with E-state index in [0.29, 0.717) is 12.2 Å². The van der Waals surface area contributed by atoms with E-state index in [-0.39, 0.29) is 0 Å². The molecule has 0 fully saturated rings. The molecule has 2 unspecified atom stereocenters. The van der Waals surface area contributed by atoms with E-state index in [1.54, 1.807) is 31.2 Å². The molecule has 1 rings (SSSR count). The third kappa shape index (κ3) is 4.55. The molecule has 3 amide bonds. The number of imide groups is 1. The number of aliphatic hydroxyl groups excluding tert-OH is 1. The normalized spacial score (nSPS) is 13.2. The Morgan fingerprint density at radius 3 is 2.40 bits per heavy atom. The minimum atomic E-state index is -0.797. The van der Waals surface area contributed by atoms with E-state index in [9.17, 15) is 14.7 Å². The van der Waals surface area contributed by atoms with E-state index in [0.717, 1.165) is 5.56 Å². The zero-order valence-electron chi connectivity index (χ0n) is 11.8. The lowest BCUT2D eigenvalue weighted by atomic mass is 10.1. The van der Waals surface area contributed by atoms with Gasteiger partial charge in [-0.2, -0.15) is 0 Å². The number of hydrogen-bond acceptors (Lipinski definition) is 4. The Bertz CT molecular complexity index is 459. The molecule has 1 aromatic rings. The van der Waals surface area contributed by atoms with E-state index >= 15 is 0 Å². The van der Waals surface area contributed by atoms with Gasteiger partial charge in [-0.15, -0.1) is 0 Å². The van der Waals surface area contributed by atoms with Crippen molar-refractivity contribution in [2.75, 3.05) is 7.05 Å². The van der Waals surface area contributed by atoms with Crippen LogP contribution in [0.25, 0.3) is 0 Å². The van der Waals surface area contributed by atoms with Crippen molar-refractivity contribution < 1.29 is 19.4 Å². The van der Waals surface area contributed by atoms with Crippen LogP contribution in [-0.4, -0.2) is 30.2 Å². The van der Waals surface area contributed by atoms with Gasteiger partial charge in [0.2, 0.25) is 0 Å². The number of ether oxygens (including phenoxy) is 1. The number of urea groups is 1. The van der Waals surface area contributed by atoms with Crippen molar-refractivity contribution in [3.63, 3.8) is 0 Å². The molecule has 3 N–H and O–H groups in total. The molecule has 0 aliphatic carbocycles. The Morgan fingerprint density at radius 2 is 1.90 bits per heavy atom. The van der Waals surface area contributed by atoms with Crippen LogP contribution >= 0.6 is 0 Å². The zero-order chi connectivity index (χ0) is 15.1. The van der Waals surface area contributed by atoms with Crippen molar-refractivity contribution in [2.24, 2.45) is 0 Å². The molecular weight excluding hydrogens is 260 g/mol. The molecule has 0 saturated carbocycles. The lowest BCUT2D eigenvalue weighted by molar-refractivity contribution is -0.126. The van der Waals surface area contributed by atoms with Crippen LogP contribution in [0.2, 0.25) is 0 Å². The van der Waals surface area contributed by atoms with Crippen molar-refractivity contribution in [1.29, 1.82) is 0 Å². The van der Waals surface area contributed by atoms with Gasteiger partial charge in [-0.05, 0) is 31.0 Å². The van der Waals surface area contributed by atoms with Gasteiger partial charge in [-0.25, -0.2) is 4.79 Å². The maximum absolute atomic E-state index is 11.6. The molecule has 0 heterocycles. The molecule has 0 aliphatic heterocycles. The second-order valence-electron chi connectivity index (χ2n) is 4.32. The second-order valence-corrected chi connectivity index (χ2v) is 4.32. The largest absolute Gasteiger partial charge is 0.481 e. The highest BCUT2D eigenvalue weighted by molar-refractivity contribution is 5.96. The molecule has 1 aromatic carbocycles.